The zero-order valence-corrected chi connectivity index (χ0v) is 15.8. The maximum atomic E-state index is 12.6. The molecule has 3 rings (SSSR count). The summed E-state index contributed by atoms with van der Waals surface area (Å²) in [7, 11) is -3.53. The number of sulfonamides is 1. The average molecular weight is 396 g/mol. The lowest BCUT2D eigenvalue weighted by molar-refractivity contribution is -0.141. The average Bonchev–Trinajstić information content (AvgIpc) is 3.18. The van der Waals surface area contributed by atoms with Gasteiger partial charge in [-0.15, -0.1) is 0 Å². The third-order valence-electron chi connectivity index (χ3n) is 5.15. The summed E-state index contributed by atoms with van der Waals surface area (Å²) in [4.78, 5) is 23.4. The number of hydrogen-bond donors (Lipinski definition) is 2. The molecular formula is C18H24N2O6S. The maximum absolute atomic E-state index is 12.6. The first-order valence-electron chi connectivity index (χ1n) is 9.05. The van der Waals surface area contributed by atoms with E-state index in [1.54, 1.807) is 24.3 Å². The normalized spacial score (nSPS) is 23.9. The highest BCUT2D eigenvalue weighted by molar-refractivity contribution is 7.89. The number of carboxylic acids is 1. The molecule has 1 saturated heterocycles. The summed E-state index contributed by atoms with van der Waals surface area (Å²) in [5.41, 5.74) is 0.789. The summed E-state index contributed by atoms with van der Waals surface area (Å²) in [5, 5.41) is 11.8. The van der Waals surface area contributed by atoms with Crippen molar-refractivity contribution in [3.63, 3.8) is 0 Å². The first-order valence-corrected chi connectivity index (χ1v) is 10.5. The fourth-order valence-corrected chi connectivity index (χ4v) is 4.90. The second-order valence-corrected chi connectivity index (χ2v) is 8.86. The topological polar surface area (TPSA) is 113 Å². The molecule has 8 nitrogen and oxygen atoms in total. The van der Waals surface area contributed by atoms with Crippen LogP contribution in [0.4, 0.5) is 0 Å². The highest BCUT2D eigenvalue weighted by Gasteiger charge is 2.33. The van der Waals surface area contributed by atoms with Crippen LogP contribution in [0.5, 0.6) is 0 Å². The molecular weight excluding hydrogens is 372 g/mol. The van der Waals surface area contributed by atoms with Gasteiger partial charge in [-0.1, -0.05) is 12.1 Å². The number of hydrogen-bond acceptors (Lipinski definition) is 5. The van der Waals surface area contributed by atoms with Crippen molar-refractivity contribution in [3.8, 4) is 0 Å². The van der Waals surface area contributed by atoms with E-state index in [1.165, 1.54) is 4.31 Å². The molecule has 1 aromatic rings. The molecule has 1 heterocycles. The van der Waals surface area contributed by atoms with Gasteiger partial charge in [0.1, 0.15) is 0 Å². The van der Waals surface area contributed by atoms with Gasteiger partial charge in [0.05, 0.1) is 24.0 Å². The molecule has 2 fully saturated rings. The molecule has 0 radical (unpaired) electrons. The molecule has 2 N–H and O–H groups in total. The van der Waals surface area contributed by atoms with E-state index in [0.29, 0.717) is 45.6 Å². The van der Waals surface area contributed by atoms with Gasteiger partial charge in [0.25, 0.3) is 0 Å². The van der Waals surface area contributed by atoms with Crippen LogP contribution in [0.3, 0.4) is 0 Å². The summed E-state index contributed by atoms with van der Waals surface area (Å²) in [6, 6.07) is 6.45. The Balaban J connectivity index is 1.55. The van der Waals surface area contributed by atoms with Gasteiger partial charge in [0.15, 0.2) is 0 Å². The quantitative estimate of drug-likeness (QED) is 0.736. The third kappa shape index (κ3) is 4.66. The number of aliphatic carboxylic acids is 1. The van der Waals surface area contributed by atoms with E-state index >= 15 is 0 Å². The number of rotatable bonds is 6. The smallest absolute Gasteiger partial charge is 0.306 e. The van der Waals surface area contributed by atoms with Crippen LogP contribution in [0.25, 0.3) is 0 Å². The fraction of sp³-hybridized carbons (Fsp3) is 0.556. The molecule has 1 aromatic carbocycles. The van der Waals surface area contributed by atoms with Crippen molar-refractivity contribution in [2.75, 3.05) is 26.3 Å². The Kier molecular flexibility index (Phi) is 6.13. The predicted octanol–water partition coefficient (Wildman–Crippen LogP) is 0.825. The van der Waals surface area contributed by atoms with E-state index in [2.05, 4.69) is 5.32 Å². The number of nitrogens with zero attached hydrogens (tertiary/aromatic N) is 1. The molecule has 0 spiro atoms. The second kappa shape index (κ2) is 8.37. The Bertz CT molecular complexity index is 787. The van der Waals surface area contributed by atoms with Crippen LogP contribution in [0, 0.1) is 11.8 Å². The SMILES string of the molecule is O=C(O)[C@@H]1CC[C@H](C(=O)NCc2ccc(S(=O)(=O)N3CCOCC3)cc2)C1. The van der Waals surface area contributed by atoms with Crippen LogP contribution in [0.1, 0.15) is 24.8 Å². The van der Waals surface area contributed by atoms with Crippen molar-refractivity contribution in [2.24, 2.45) is 11.8 Å². The van der Waals surface area contributed by atoms with Crippen LogP contribution >= 0.6 is 0 Å². The molecule has 27 heavy (non-hydrogen) atoms. The molecule has 0 bridgehead atoms. The first kappa shape index (κ1) is 19.8. The Hall–Kier alpha value is -1.97. The standard InChI is InChI=1S/C18H24N2O6S/c21-17(14-3-4-15(11-14)18(22)23)19-12-13-1-5-16(6-2-13)27(24,25)20-7-9-26-10-8-20/h1-2,5-6,14-15H,3-4,7-12H2,(H,19,21)(H,22,23)/t14-,15+/m0/s1. The van der Waals surface area contributed by atoms with Crippen molar-refractivity contribution in [2.45, 2.75) is 30.7 Å². The third-order valence-corrected chi connectivity index (χ3v) is 7.06. The molecule has 0 aromatic heterocycles. The number of carboxylic acid groups (broad SMARTS) is 1. The molecule has 0 unspecified atom stereocenters. The summed E-state index contributed by atoms with van der Waals surface area (Å²) in [6.07, 6.45) is 1.49. The summed E-state index contributed by atoms with van der Waals surface area (Å²) >= 11 is 0. The molecule has 1 saturated carbocycles. The molecule has 1 aliphatic carbocycles. The Morgan fingerprint density at radius 3 is 2.33 bits per heavy atom. The summed E-state index contributed by atoms with van der Waals surface area (Å²) in [6.45, 7) is 1.77. The van der Waals surface area contributed by atoms with Crippen LogP contribution in [-0.2, 0) is 30.9 Å². The van der Waals surface area contributed by atoms with E-state index in [1.807, 2.05) is 0 Å². The van der Waals surface area contributed by atoms with Crippen LogP contribution in [-0.4, -0.2) is 56.0 Å². The molecule has 148 valence electrons. The van der Waals surface area contributed by atoms with Crippen molar-refractivity contribution in [1.29, 1.82) is 0 Å². The predicted molar refractivity (Wildman–Crippen MR) is 96.3 cm³/mol. The lowest BCUT2D eigenvalue weighted by atomic mass is 10.0. The zero-order valence-electron chi connectivity index (χ0n) is 15.0. The number of benzene rings is 1. The van der Waals surface area contributed by atoms with Gasteiger partial charge in [0, 0.05) is 25.6 Å². The Morgan fingerprint density at radius 2 is 1.74 bits per heavy atom. The molecule has 2 aliphatic rings. The maximum Gasteiger partial charge on any atom is 0.306 e. The number of ether oxygens (including phenoxy) is 1. The van der Waals surface area contributed by atoms with Crippen LogP contribution in [0.15, 0.2) is 29.2 Å². The summed E-state index contributed by atoms with van der Waals surface area (Å²) < 4.78 is 31.8. The monoisotopic (exact) mass is 396 g/mol. The fourth-order valence-electron chi connectivity index (χ4n) is 3.49. The number of carbonyl (C=O) groups is 2. The van der Waals surface area contributed by atoms with E-state index in [4.69, 9.17) is 9.84 Å². The highest BCUT2D eigenvalue weighted by atomic mass is 32.2. The largest absolute Gasteiger partial charge is 0.481 e. The van der Waals surface area contributed by atoms with Crippen LogP contribution < -0.4 is 5.32 Å². The second-order valence-electron chi connectivity index (χ2n) is 6.92. The molecule has 1 aliphatic heterocycles. The van der Waals surface area contributed by atoms with Crippen molar-refractivity contribution in [1.82, 2.24) is 9.62 Å². The van der Waals surface area contributed by atoms with Gasteiger partial charge in [-0.3, -0.25) is 9.59 Å². The van der Waals surface area contributed by atoms with Crippen molar-refractivity contribution in [3.05, 3.63) is 29.8 Å². The highest BCUT2D eigenvalue weighted by Crippen LogP contribution is 2.31. The zero-order chi connectivity index (χ0) is 19.4. The molecule has 1 amide bonds. The molecule has 2 atom stereocenters. The lowest BCUT2D eigenvalue weighted by Crippen LogP contribution is -2.40. The van der Waals surface area contributed by atoms with Gasteiger partial charge in [-0.05, 0) is 37.0 Å². The Labute approximate surface area is 158 Å². The van der Waals surface area contributed by atoms with E-state index in [-0.39, 0.29) is 23.3 Å². The van der Waals surface area contributed by atoms with E-state index in [0.717, 1.165) is 5.56 Å². The first-order chi connectivity index (χ1) is 12.9. The minimum Gasteiger partial charge on any atom is -0.481 e. The molecule has 9 heteroatoms. The minimum absolute atomic E-state index is 0.149. The Morgan fingerprint density at radius 1 is 1.11 bits per heavy atom. The lowest BCUT2D eigenvalue weighted by Gasteiger charge is -2.26. The number of nitrogens with one attached hydrogen (secondary N) is 1. The van der Waals surface area contributed by atoms with E-state index < -0.39 is 21.9 Å². The minimum atomic E-state index is -3.53. The van der Waals surface area contributed by atoms with Gasteiger partial charge in [0.2, 0.25) is 15.9 Å². The van der Waals surface area contributed by atoms with Crippen molar-refractivity contribution < 1.29 is 27.9 Å². The van der Waals surface area contributed by atoms with Gasteiger partial charge >= 0.3 is 5.97 Å². The number of morpholine rings is 1. The number of carbonyl (C=O) groups excluding carboxylic acids is 1. The van der Waals surface area contributed by atoms with Gasteiger partial charge in [-0.25, -0.2) is 8.42 Å². The van der Waals surface area contributed by atoms with Gasteiger partial charge < -0.3 is 15.2 Å². The van der Waals surface area contributed by atoms with Crippen LogP contribution in [0.2, 0.25) is 0 Å². The van der Waals surface area contributed by atoms with E-state index in [9.17, 15) is 18.0 Å². The van der Waals surface area contributed by atoms with Crippen molar-refractivity contribution >= 4 is 21.9 Å². The van der Waals surface area contributed by atoms with Gasteiger partial charge in [-0.2, -0.15) is 4.31 Å². The number of amides is 1. The summed E-state index contributed by atoms with van der Waals surface area (Å²) in [5.74, 6) is -1.70.